The molecule has 0 heterocycles. The molecule has 126 valence electrons. The molecular weight excluding hydrogens is 304 g/mol. The van der Waals surface area contributed by atoms with Crippen LogP contribution in [0.3, 0.4) is 0 Å². The summed E-state index contributed by atoms with van der Waals surface area (Å²) in [5.41, 5.74) is 0.0656. The molecule has 23 heavy (non-hydrogen) atoms. The van der Waals surface area contributed by atoms with Gasteiger partial charge in [-0.1, -0.05) is 12.1 Å². The van der Waals surface area contributed by atoms with Crippen molar-refractivity contribution in [1.82, 2.24) is 5.32 Å². The average Bonchev–Trinajstić information content (AvgIpc) is 2.37. The number of rotatable bonds is 5. The maximum absolute atomic E-state index is 11.7. The van der Waals surface area contributed by atoms with Gasteiger partial charge in [0.05, 0.1) is 4.92 Å². The quantitative estimate of drug-likeness (QED) is 0.634. The number of aryl methyl sites for hydroxylation is 1. The molecule has 1 rings (SSSR count). The van der Waals surface area contributed by atoms with E-state index in [4.69, 9.17) is 4.74 Å². The van der Waals surface area contributed by atoms with Gasteiger partial charge in [0.1, 0.15) is 11.6 Å². The van der Waals surface area contributed by atoms with E-state index in [0.717, 1.165) is 0 Å². The van der Waals surface area contributed by atoms with Gasteiger partial charge in [-0.25, -0.2) is 9.59 Å². The third-order valence-corrected chi connectivity index (χ3v) is 2.90. The molecule has 0 radical (unpaired) electrons. The van der Waals surface area contributed by atoms with E-state index in [-0.39, 0.29) is 12.1 Å². The molecule has 0 aliphatic rings. The van der Waals surface area contributed by atoms with Crippen LogP contribution in [-0.4, -0.2) is 33.7 Å². The minimum Gasteiger partial charge on any atom is -0.480 e. The number of amides is 1. The Balaban J connectivity index is 2.89. The van der Waals surface area contributed by atoms with Crippen molar-refractivity contribution in [3.8, 4) is 0 Å². The molecule has 2 N–H and O–H groups in total. The van der Waals surface area contributed by atoms with Gasteiger partial charge in [0.15, 0.2) is 0 Å². The lowest BCUT2D eigenvalue weighted by atomic mass is 10.0. The van der Waals surface area contributed by atoms with Crippen molar-refractivity contribution in [3.05, 3.63) is 39.4 Å². The first-order valence-corrected chi connectivity index (χ1v) is 6.96. The summed E-state index contributed by atoms with van der Waals surface area (Å²) in [6, 6.07) is 3.20. The van der Waals surface area contributed by atoms with Crippen molar-refractivity contribution < 1.29 is 24.4 Å². The molecule has 0 aliphatic carbocycles. The summed E-state index contributed by atoms with van der Waals surface area (Å²) in [5.74, 6) is -1.25. The lowest BCUT2D eigenvalue weighted by Gasteiger charge is -2.22. The number of carboxylic acids is 1. The molecule has 0 bridgehead atoms. The largest absolute Gasteiger partial charge is 0.480 e. The first-order valence-electron chi connectivity index (χ1n) is 6.96. The molecule has 0 aromatic heterocycles. The van der Waals surface area contributed by atoms with Crippen LogP contribution in [-0.2, 0) is 16.0 Å². The van der Waals surface area contributed by atoms with Crippen LogP contribution >= 0.6 is 0 Å². The molecular formula is C15H20N2O6. The number of nitro groups is 1. The zero-order chi connectivity index (χ0) is 17.8. The van der Waals surface area contributed by atoms with Crippen LogP contribution in [0.5, 0.6) is 0 Å². The number of nitrogens with zero attached hydrogens (tertiary/aromatic N) is 1. The minimum absolute atomic E-state index is 0.0876. The number of carbonyl (C=O) groups excluding carboxylic acids is 1. The summed E-state index contributed by atoms with van der Waals surface area (Å²) in [6.45, 7) is 6.57. The van der Waals surface area contributed by atoms with Gasteiger partial charge in [-0.15, -0.1) is 0 Å². The van der Waals surface area contributed by atoms with Gasteiger partial charge in [-0.3, -0.25) is 10.1 Å². The zero-order valence-electron chi connectivity index (χ0n) is 13.5. The Morgan fingerprint density at radius 2 is 2.00 bits per heavy atom. The predicted molar refractivity (Wildman–Crippen MR) is 82.3 cm³/mol. The van der Waals surface area contributed by atoms with E-state index in [1.165, 1.54) is 6.07 Å². The molecule has 1 atom stereocenters. The summed E-state index contributed by atoms with van der Waals surface area (Å²) >= 11 is 0. The first-order chi connectivity index (χ1) is 10.5. The van der Waals surface area contributed by atoms with Crippen molar-refractivity contribution in [2.75, 3.05) is 0 Å². The predicted octanol–water partition coefficient (Wildman–Crippen LogP) is 2.42. The van der Waals surface area contributed by atoms with Gasteiger partial charge in [-0.2, -0.15) is 0 Å². The van der Waals surface area contributed by atoms with Crippen molar-refractivity contribution in [2.24, 2.45) is 0 Å². The Bertz CT molecular complexity index is 621. The number of aliphatic carboxylic acids is 1. The molecule has 0 saturated heterocycles. The van der Waals surface area contributed by atoms with Crippen molar-refractivity contribution in [3.63, 3.8) is 0 Å². The van der Waals surface area contributed by atoms with Gasteiger partial charge in [0.25, 0.3) is 5.69 Å². The number of hydrogen-bond acceptors (Lipinski definition) is 5. The van der Waals surface area contributed by atoms with Crippen LogP contribution in [0.1, 0.15) is 31.9 Å². The third kappa shape index (κ3) is 5.93. The number of benzene rings is 1. The number of carboxylic acid groups (broad SMARTS) is 1. The smallest absolute Gasteiger partial charge is 0.408 e. The second-order valence-electron chi connectivity index (χ2n) is 6.12. The number of carbonyl (C=O) groups is 2. The van der Waals surface area contributed by atoms with Gasteiger partial charge in [0, 0.05) is 18.1 Å². The summed E-state index contributed by atoms with van der Waals surface area (Å²) in [5, 5.41) is 22.4. The van der Waals surface area contributed by atoms with Crippen LogP contribution in [0.4, 0.5) is 10.5 Å². The topological polar surface area (TPSA) is 119 Å². The highest BCUT2D eigenvalue weighted by Gasteiger charge is 2.25. The van der Waals surface area contributed by atoms with E-state index in [2.05, 4.69) is 5.32 Å². The molecule has 1 amide bonds. The second-order valence-corrected chi connectivity index (χ2v) is 6.12. The monoisotopic (exact) mass is 324 g/mol. The summed E-state index contributed by atoms with van der Waals surface area (Å²) in [7, 11) is 0. The molecule has 1 aromatic carbocycles. The Kier molecular flexibility index (Phi) is 5.67. The Hall–Kier alpha value is -2.64. The van der Waals surface area contributed by atoms with Crippen LogP contribution < -0.4 is 5.32 Å². The molecule has 0 aliphatic heterocycles. The van der Waals surface area contributed by atoms with E-state index in [1.807, 2.05) is 0 Å². The van der Waals surface area contributed by atoms with Crippen molar-refractivity contribution in [1.29, 1.82) is 0 Å². The van der Waals surface area contributed by atoms with E-state index < -0.39 is 28.6 Å². The van der Waals surface area contributed by atoms with Gasteiger partial charge >= 0.3 is 12.1 Å². The van der Waals surface area contributed by atoms with Crippen LogP contribution in [0.2, 0.25) is 0 Å². The highest BCUT2D eigenvalue weighted by atomic mass is 16.6. The summed E-state index contributed by atoms with van der Waals surface area (Å²) in [6.07, 6.45) is -0.943. The fourth-order valence-electron chi connectivity index (χ4n) is 1.86. The zero-order valence-corrected chi connectivity index (χ0v) is 13.5. The fourth-order valence-corrected chi connectivity index (χ4v) is 1.86. The van der Waals surface area contributed by atoms with Gasteiger partial charge < -0.3 is 15.2 Å². The van der Waals surface area contributed by atoms with Crippen LogP contribution in [0, 0.1) is 17.0 Å². The lowest BCUT2D eigenvalue weighted by molar-refractivity contribution is -0.385. The Morgan fingerprint density at radius 1 is 1.39 bits per heavy atom. The molecule has 0 saturated carbocycles. The normalized spacial score (nSPS) is 12.3. The standard InChI is InChI=1S/C15H20N2O6/c1-9-5-6-10(8-12(9)17(21)22)7-11(13(18)19)16-14(20)23-15(2,3)4/h5-6,8,11H,7H2,1-4H3,(H,16,20)(H,18,19). The SMILES string of the molecule is Cc1ccc(CC(NC(=O)OC(C)(C)C)C(=O)O)cc1[N+](=O)[O-]. The maximum Gasteiger partial charge on any atom is 0.408 e. The van der Waals surface area contributed by atoms with Gasteiger partial charge in [0.2, 0.25) is 0 Å². The second kappa shape index (κ2) is 7.08. The number of alkyl carbamates (subject to hydrolysis) is 1. The van der Waals surface area contributed by atoms with Crippen LogP contribution in [0.25, 0.3) is 0 Å². The van der Waals surface area contributed by atoms with Crippen molar-refractivity contribution in [2.45, 2.75) is 45.8 Å². The Morgan fingerprint density at radius 3 is 2.48 bits per heavy atom. The highest BCUT2D eigenvalue weighted by Crippen LogP contribution is 2.20. The molecule has 0 spiro atoms. The van der Waals surface area contributed by atoms with Crippen LogP contribution in [0.15, 0.2) is 18.2 Å². The summed E-state index contributed by atoms with van der Waals surface area (Å²) in [4.78, 5) is 33.4. The van der Waals surface area contributed by atoms with Gasteiger partial charge in [-0.05, 0) is 33.3 Å². The molecule has 8 heteroatoms. The van der Waals surface area contributed by atoms with Crippen molar-refractivity contribution >= 4 is 17.7 Å². The third-order valence-electron chi connectivity index (χ3n) is 2.90. The number of nitro benzene ring substituents is 1. The Labute approximate surface area is 133 Å². The fraction of sp³-hybridized carbons (Fsp3) is 0.467. The highest BCUT2D eigenvalue weighted by molar-refractivity contribution is 5.80. The number of nitrogens with one attached hydrogen (secondary N) is 1. The average molecular weight is 324 g/mol. The molecule has 8 nitrogen and oxygen atoms in total. The van der Waals surface area contributed by atoms with E-state index in [1.54, 1.807) is 39.8 Å². The molecule has 0 fully saturated rings. The molecule has 1 unspecified atom stereocenters. The number of hydrogen-bond donors (Lipinski definition) is 2. The maximum atomic E-state index is 11.7. The first kappa shape index (κ1) is 18.4. The van der Waals surface area contributed by atoms with E-state index in [9.17, 15) is 24.8 Å². The molecule has 1 aromatic rings. The van der Waals surface area contributed by atoms with E-state index in [0.29, 0.717) is 11.1 Å². The number of ether oxygens (including phenoxy) is 1. The van der Waals surface area contributed by atoms with E-state index >= 15 is 0 Å². The minimum atomic E-state index is -1.25. The lowest BCUT2D eigenvalue weighted by Crippen LogP contribution is -2.44. The summed E-state index contributed by atoms with van der Waals surface area (Å²) < 4.78 is 5.02.